The van der Waals surface area contributed by atoms with Crippen LogP contribution in [0.25, 0.3) is 0 Å². The average Bonchev–Trinajstić information content (AvgIpc) is 2.26. The highest BCUT2D eigenvalue weighted by Crippen LogP contribution is 2.37. The van der Waals surface area contributed by atoms with E-state index in [1.54, 1.807) is 0 Å². The van der Waals surface area contributed by atoms with Gasteiger partial charge in [-0.2, -0.15) is 5.10 Å². The van der Waals surface area contributed by atoms with Crippen molar-refractivity contribution < 1.29 is 0 Å². The molecular formula is C11H19N3. The molecule has 0 saturated heterocycles. The lowest BCUT2D eigenvalue weighted by molar-refractivity contribution is 0.416. The summed E-state index contributed by atoms with van der Waals surface area (Å²) >= 11 is 0. The first-order valence-electron chi connectivity index (χ1n) is 5.45. The topological polar surface area (TPSA) is 43.8 Å². The fourth-order valence-electron chi connectivity index (χ4n) is 2.08. The van der Waals surface area contributed by atoms with Crippen LogP contribution in [0, 0.1) is 0 Å². The number of hydrogen-bond donors (Lipinski definition) is 1. The van der Waals surface area contributed by atoms with E-state index < -0.39 is 0 Å². The molecule has 2 N–H and O–H groups in total. The summed E-state index contributed by atoms with van der Waals surface area (Å²) in [5.74, 6) is 0.762. The van der Waals surface area contributed by atoms with E-state index in [4.69, 9.17) is 5.73 Å². The van der Waals surface area contributed by atoms with Crippen molar-refractivity contribution >= 4 is 0 Å². The van der Waals surface area contributed by atoms with Crippen LogP contribution in [0.4, 0.5) is 0 Å². The van der Waals surface area contributed by atoms with Gasteiger partial charge in [0.05, 0.1) is 5.69 Å². The molecule has 1 fully saturated rings. The third kappa shape index (κ3) is 1.82. The van der Waals surface area contributed by atoms with Crippen LogP contribution in [0.1, 0.15) is 43.4 Å². The maximum Gasteiger partial charge on any atom is 0.0674 e. The van der Waals surface area contributed by atoms with Gasteiger partial charge in [-0.1, -0.05) is 6.42 Å². The Kier molecular flexibility index (Phi) is 2.59. The van der Waals surface area contributed by atoms with Crippen LogP contribution in [0.5, 0.6) is 0 Å². The lowest BCUT2D eigenvalue weighted by atomic mass is 9.79. The van der Waals surface area contributed by atoms with Crippen LogP contribution in [0.2, 0.25) is 0 Å². The van der Waals surface area contributed by atoms with Crippen LogP contribution in [0.15, 0.2) is 6.20 Å². The van der Waals surface area contributed by atoms with Crippen molar-refractivity contribution in [2.24, 2.45) is 12.8 Å². The van der Waals surface area contributed by atoms with Gasteiger partial charge < -0.3 is 5.73 Å². The molecule has 1 heterocycles. The van der Waals surface area contributed by atoms with Gasteiger partial charge in [-0.3, -0.25) is 4.68 Å². The molecule has 1 aliphatic rings. The molecule has 3 heteroatoms. The fraction of sp³-hybridized carbons (Fsp3) is 0.727. The molecule has 1 aliphatic carbocycles. The maximum absolute atomic E-state index is 5.81. The Morgan fingerprint density at radius 1 is 1.64 bits per heavy atom. The molecule has 1 aromatic rings. The Morgan fingerprint density at radius 2 is 2.36 bits per heavy atom. The van der Waals surface area contributed by atoms with Gasteiger partial charge in [0.1, 0.15) is 0 Å². The van der Waals surface area contributed by atoms with E-state index in [0.29, 0.717) is 0 Å². The molecule has 0 aromatic carbocycles. The lowest BCUT2D eigenvalue weighted by Crippen LogP contribution is -2.20. The summed E-state index contributed by atoms with van der Waals surface area (Å²) in [5, 5.41) is 4.49. The molecule has 2 rings (SSSR count). The third-order valence-corrected chi connectivity index (χ3v) is 3.00. The molecule has 1 aromatic heterocycles. The Bertz CT molecular complexity index is 310. The molecule has 1 atom stereocenters. The summed E-state index contributed by atoms with van der Waals surface area (Å²) in [6.07, 6.45) is 7.11. The van der Waals surface area contributed by atoms with Gasteiger partial charge >= 0.3 is 0 Å². The van der Waals surface area contributed by atoms with Crippen molar-refractivity contribution in [2.75, 3.05) is 0 Å². The van der Waals surface area contributed by atoms with Gasteiger partial charge in [0, 0.05) is 25.7 Å². The zero-order chi connectivity index (χ0) is 10.1. The molecule has 0 radical (unpaired) electrons. The van der Waals surface area contributed by atoms with Crippen LogP contribution in [-0.4, -0.2) is 15.8 Å². The number of rotatable bonds is 3. The van der Waals surface area contributed by atoms with E-state index in [1.165, 1.54) is 30.5 Å². The van der Waals surface area contributed by atoms with E-state index in [9.17, 15) is 0 Å². The van der Waals surface area contributed by atoms with Gasteiger partial charge in [0.15, 0.2) is 0 Å². The van der Waals surface area contributed by atoms with Gasteiger partial charge in [-0.05, 0) is 31.2 Å². The first kappa shape index (κ1) is 9.71. The van der Waals surface area contributed by atoms with Crippen LogP contribution >= 0.6 is 0 Å². The van der Waals surface area contributed by atoms with Crippen molar-refractivity contribution in [1.82, 2.24) is 9.78 Å². The standard InChI is InChI=1S/C11H19N3/c1-8(12)6-11-10(7-14(2)13-11)9-4-3-5-9/h7-9H,3-6,12H2,1-2H3. The van der Waals surface area contributed by atoms with Gasteiger partial charge in [-0.15, -0.1) is 0 Å². The summed E-state index contributed by atoms with van der Waals surface area (Å²) in [5.41, 5.74) is 8.47. The van der Waals surface area contributed by atoms with E-state index in [0.717, 1.165) is 12.3 Å². The Balaban J connectivity index is 2.19. The SMILES string of the molecule is CC(N)Cc1nn(C)cc1C1CCC1. The van der Waals surface area contributed by atoms with Crippen molar-refractivity contribution in [3.8, 4) is 0 Å². The fourth-order valence-corrected chi connectivity index (χ4v) is 2.08. The van der Waals surface area contributed by atoms with Gasteiger partial charge in [0.2, 0.25) is 0 Å². The molecule has 0 spiro atoms. The molecule has 0 bridgehead atoms. The second-order valence-corrected chi connectivity index (χ2v) is 4.51. The van der Waals surface area contributed by atoms with E-state index >= 15 is 0 Å². The normalized spacial score (nSPS) is 19.4. The summed E-state index contributed by atoms with van der Waals surface area (Å²) in [7, 11) is 1.99. The quantitative estimate of drug-likeness (QED) is 0.792. The smallest absolute Gasteiger partial charge is 0.0674 e. The summed E-state index contributed by atoms with van der Waals surface area (Å²) in [6, 6.07) is 0.212. The van der Waals surface area contributed by atoms with E-state index in [-0.39, 0.29) is 6.04 Å². The summed E-state index contributed by atoms with van der Waals surface area (Å²) < 4.78 is 1.92. The second kappa shape index (κ2) is 3.73. The van der Waals surface area contributed by atoms with Crippen molar-refractivity contribution in [3.05, 3.63) is 17.5 Å². The second-order valence-electron chi connectivity index (χ2n) is 4.51. The average molecular weight is 193 g/mol. The van der Waals surface area contributed by atoms with E-state index in [2.05, 4.69) is 11.3 Å². The molecule has 78 valence electrons. The Hall–Kier alpha value is -0.830. The zero-order valence-electron chi connectivity index (χ0n) is 9.03. The number of nitrogens with two attached hydrogens (primary N) is 1. The lowest BCUT2D eigenvalue weighted by Gasteiger charge is -2.25. The molecule has 1 unspecified atom stereocenters. The highest BCUT2D eigenvalue weighted by Gasteiger charge is 2.24. The number of aromatic nitrogens is 2. The molecule has 14 heavy (non-hydrogen) atoms. The number of hydrogen-bond acceptors (Lipinski definition) is 2. The molecule has 0 aliphatic heterocycles. The van der Waals surface area contributed by atoms with Crippen molar-refractivity contribution in [3.63, 3.8) is 0 Å². The predicted octanol–water partition coefficient (Wildman–Crippen LogP) is 1.58. The minimum Gasteiger partial charge on any atom is -0.328 e. The minimum absolute atomic E-state index is 0.212. The van der Waals surface area contributed by atoms with E-state index in [1.807, 2.05) is 18.7 Å². The zero-order valence-corrected chi connectivity index (χ0v) is 9.03. The van der Waals surface area contributed by atoms with Gasteiger partial charge in [-0.25, -0.2) is 0 Å². The highest BCUT2D eigenvalue weighted by atomic mass is 15.3. The van der Waals surface area contributed by atoms with Crippen LogP contribution in [0.3, 0.4) is 0 Å². The molecular weight excluding hydrogens is 174 g/mol. The first-order chi connectivity index (χ1) is 6.66. The molecule has 3 nitrogen and oxygen atoms in total. The summed E-state index contributed by atoms with van der Waals surface area (Å²) in [6.45, 7) is 2.04. The first-order valence-corrected chi connectivity index (χ1v) is 5.45. The third-order valence-electron chi connectivity index (χ3n) is 3.00. The largest absolute Gasteiger partial charge is 0.328 e. The predicted molar refractivity (Wildman–Crippen MR) is 57.2 cm³/mol. The van der Waals surface area contributed by atoms with Gasteiger partial charge in [0.25, 0.3) is 0 Å². The Morgan fingerprint density at radius 3 is 2.86 bits per heavy atom. The monoisotopic (exact) mass is 193 g/mol. The molecule has 1 saturated carbocycles. The summed E-state index contributed by atoms with van der Waals surface area (Å²) in [4.78, 5) is 0. The van der Waals surface area contributed by atoms with Crippen molar-refractivity contribution in [1.29, 1.82) is 0 Å². The maximum atomic E-state index is 5.81. The minimum atomic E-state index is 0.212. The molecule has 0 amide bonds. The van der Waals surface area contributed by atoms with Crippen molar-refractivity contribution in [2.45, 2.75) is 44.6 Å². The van der Waals surface area contributed by atoms with Crippen LogP contribution < -0.4 is 5.73 Å². The number of nitrogens with zero attached hydrogens (tertiary/aromatic N) is 2. The highest BCUT2D eigenvalue weighted by molar-refractivity contribution is 5.24. The van der Waals surface area contributed by atoms with Crippen LogP contribution in [-0.2, 0) is 13.5 Å². The Labute approximate surface area is 85.3 Å². The number of aryl methyl sites for hydroxylation is 1.